The van der Waals surface area contributed by atoms with Crippen molar-refractivity contribution >= 4 is 22.6 Å². The maximum absolute atomic E-state index is 11.9. The third kappa shape index (κ3) is 1.93. The topological polar surface area (TPSA) is 0 Å². The van der Waals surface area contributed by atoms with Gasteiger partial charge in [0, 0.05) is 0 Å². The zero-order valence-electron chi connectivity index (χ0n) is 4.85. The first-order chi connectivity index (χ1) is 4.19. The van der Waals surface area contributed by atoms with Crippen LogP contribution in [-0.2, 0) is 0 Å². The number of rotatable bonds is 1. The van der Waals surface area contributed by atoms with Gasteiger partial charge in [0.15, 0.2) is 0 Å². The molecule has 0 fully saturated rings. The lowest BCUT2D eigenvalue weighted by Gasteiger charge is -2.21. The van der Waals surface area contributed by atoms with Crippen molar-refractivity contribution in [2.75, 3.05) is 0 Å². The average Bonchev–Trinajstić information content (AvgIpc) is 1.62. The third-order valence-electron chi connectivity index (χ3n) is 0.878. The van der Waals surface area contributed by atoms with Crippen molar-refractivity contribution in [2.45, 2.75) is 22.9 Å². The maximum atomic E-state index is 11.9. The van der Waals surface area contributed by atoms with Gasteiger partial charge in [-0.2, -0.15) is 22.0 Å². The lowest BCUT2D eigenvalue weighted by molar-refractivity contribution is -0.278. The van der Waals surface area contributed by atoms with Gasteiger partial charge in [-0.15, -0.1) is 0 Å². The van der Waals surface area contributed by atoms with E-state index in [0.29, 0.717) is 0 Å². The van der Waals surface area contributed by atoms with Crippen LogP contribution in [0.5, 0.6) is 0 Å². The van der Waals surface area contributed by atoms with Crippen LogP contribution in [0.1, 0.15) is 6.92 Å². The molecular formula is C4H4F5I. The minimum atomic E-state index is -5.42. The summed E-state index contributed by atoms with van der Waals surface area (Å²) >= 11 is 1.04. The molecule has 0 bridgehead atoms. The molecule has 6 heteroatoms. The smallest absolute Gasteiger partial charge is 0.195 e. The van der Waals surface area contributed by atoms with E-state index in [-0.39, 0.29) is 0 Å². The van der Waals surface area contributed by atoms with Crippen molar-refractivity contribution < 1.29 is 22.0 Å². The predicted octanol–water partition coefficient (Wildman–Crippen LogP) is 3.01. The Kier molecular flexibility index (Phi) is 2.89. The van der Waals surface area contributed by atoms with E-state index in [0.717, 1.165) is 29.5 Å². The minimum Gasteiger partial charge on any atom is -0.195 e. The number of hydrogen-bond acceptors (Lipinski definition) is 0. The summed E-state index contributed by atoms with van der Waals surface area (Å²) in [7, 11) is 0. The molecule has 0 aliphatic heterocycles. The van der Waals surface area contributed by atoms with Crippen molar-refractivity contribution in [3.63, 3.8) is 0 Å². The van der Waals surface area contributed by atoms with Gasteiger partial charge in [0.1, 0.15) is 0 Å². The Balaban J connectivity index is 4.40. The van der Waals surface area contributed by atoms with Gasteiger partial charge in [-0.1, -0.05) is 22.6 Å². The molecular weight excluding hydrogens is 270 g/mol. The first-order valence-corrected chi connectivity index (χ1v) is 3.52. The molecule has 0 aliphatic carbocycles. The number of alkyl halides is 6. The SMILES string of the molecule is CC(I)C(F)(F)C(F)(F)F. The van der Waals surface area contributed by atoms with Crippen LogP contribution in [0.3, 0.4) is 0 Å². The van der Waals surface area contributed by atoms with Gasteiger partial charge < -0.3 is 0 Å². The zero-order valence-corrected chi connectivity index (χ0v) is 7.00. The van der Waals surface area contributed by atoms with Crippen molar-refractivity contribution in [3.05, 3.63) is 0 Å². The first-order valence-electron chi connectivity index (χ1n) is 2.28. The van der Waals surface area contributed by atoms with E-state index in [9.17, 15) is 22.0 Å². The molecule has 0 aromatic carbocycles. The molecule has 0 aromatic rings. The summed E-state index contributed by atoms with van der Waals surface area (Å²) in [6.45, 7) is 0.814. The lowest BCUT2D eigenvalue weighted by atomic mass is 10.2. The molecule has 0 radical (unpaired) electrons. The second-order valence-corrected chi connectivity index (χ2v) is 3.61. The largest absolute Gasteiger partial charge is 0.454 e. The quantitative estimate of drug-likeness (QED) is 0.391. The number of hydrogen-bond donors (Lipinski definition) is 0. The summed E-state index contributed by atoms with van der Waals surface area (Å²) < 4.78 is 56.1. The average molecular weight is 274 g/mol. The fourth-order valence-electron chi connectivity index (χ4n) is 0.226. The predicted molar refractivity (Wildman–Crippen MR) is 34.5 cm³/mol. The molecule has 0 spiro atoms. The molecule has 0 saturated carbocycles. The fourth-order valence-corrected chi connectivity index (χ4v) is 0.579. The summed E-state index contributed by atoms with van der Waals surface area (Å²) in [5.41, 5.74) is 0. The van der Waals surface area contributed by atoms with E-state index in [1.807, 2.05) is 0 Å². The van der Waals surface area contributed by atoms with Crippen molar-refractivity contribution in [1.29, 1.82) is 0 Å². The molecule has 0 saturated heterocycles. The second-order valence-electron chi connectivity index (χ2n) is 1.74. The van der Waals surface area contributed by atoms with E-state index in [1.165, 1.54) is 0 Å². The first kappa shape index (κ1) is 10.4. The minimum absolute atomic E-state index is 0.814. The molecule has 10 heavy (non-hydrogen) atoms. The molecule has 0 aromatic heterocycles. The monoisotopic (exact) mass is 274 g/mol. The highest BCUT2D eigenvalue weighted by Crippen LogP contribution is 2.40. The van der Waals surface area contributed by atoms with Gasteiger partial charge in [-0.25, -0.2) is 0 Å². The Bertz CT molecular complexity index is 115. The molecule has 0 aliphatic rings. The van der Waals surface area contributed by atoms with Crippen molar-refractivity contribution in [1.82, 2.24) is 0 Å². The fraction of sp³-hybridized carbons (Fsp3) is 1.00. The Hall–Kier alpha value is 0.380. The molecule has 0 N–H and O–H groups in total. The third-order valence-corrected chi connectivity index (χ3v) is 1.66. The molecule has 0 amide bonds. The Labute approximate surface area is 67.9 Å². The Morgan fingerprint density at radius 3 is 1.40 bits per heavy atom. The second kappa shape index (κ2) is 2.78. The summed E-state index contributed by atoms with van der Waals surface area (Å²) in [6.07, 6.45) is -5.42. The van der Waals surface area contributed by atoms with Gasteiger partial charge in [0.05, 0.1) is 3.92 Å². The zero-order chi connectivity index (χ0) is 8.58. The Morgan fingerprint density at radius 1 is 1.10 bits per heavy atom. The normalized spacial score (nSPS) is 17.1. The summed E-state index contributed by atoms with van der Waals surface area (Å²) in [6, 6.07) is 0. The van der Waals surface area contributed by atoms with E-state index in [1.54, 1.807) is 0 Å². The van der Waals surface area contributed by atoms with Crippen molar-refractivity contribution in [2.24, 2.45) is 0 Å². The van der Waals surface area contributed by atoms with Crippen LogP contribution in [0.4, 0.5) is 22.0 Å². The highest BCUT2D eigenvalue weighted by Gasteiger charge is 2.60. The summed E-state index contributed by atoms with van der Waals surface area (Å²) in [5, 5.41) is 0. The van der Waals surface area contributed by atoms with Gasteiger partial charge >= 0.3 is 12.1 Å². The van der Waals surface area contributed by atoms with E-state index in [4.69, 9.17) is 0 Å². The highest BCUT2D eigenvalue weighted by atomic mass is 127. The Morgan fingerprint density at radius 2 is 1.40 bits per heavy atom. The maximum Gasteiger partial charge on any atom is 0.454 e. The van der Waals surface area contributed by atoms with Crippen LogP contribution >= 0.6 is 22.6 Å². The van der Waals surface area contributed by atoms with Gasteiger partial charge in [0.25, 0.3) is 0 Å². The van der Waals surface area contributed by atoms with Crippen LogP contribution in [0, 0.1) is 0 Å². The van der Waals surface area contributed by atoms with E-state index in [2.05, 4.69) is 0 Å². The molecule has 62 valence electrons. The van der Waals surface area contributed by atoms with Crippen LogP contribution < -0.4 is 0 Å². The van der Waals surface area contributed by atoms with Crippen LogP contribution in [-0.4, -0.2) is 16.0 Å². The molecule has 0 heterocycles. The number of halogens is 6. The lowest BCUT2D eigenvalue weighted by Crippen LogP contribution is -2.42. The van der Waals surface area contributed by atoms with Crippen molar-refractivity contribution in [3.8, 4) is 0 Å². The van der Waals surface area contributed by atoms with E-state index >= 15 is 0 Å². The summed E-state index contributed by atoms with van der Waals surface area (Å²) in [4.78, 5) is 0. The van der Waals surface area contributed by atoms with Crippen LogP contribution in [0.25, 0.3) is 0 Å². The van der Waals surface area contributed by atoms with Gasteiger partial charge in [0.2, 0.25) is 0 Å². The van der Waals surface area contributed by atoms with Crippen LogP contribution in [0.15, 0.2) is 0 Å². The van der Waals surface area contributed by atoms with E-state index < -0.39 is 16.0 Å². The molecule has 1 unspecified atom stereocenters. The van der Waals surface area contributed by atoms with Gasteiger partial charge in [-0.3, -0.25) is 0 Å². The van der Waals surface area contributed by atoms with Gasteiger partial charge in [-0.05, 0) is 6.92 Å². The standard InChI is InChI=1S/C4H4F5I/c1-2(10)3(5,6)4(7,8)9/h2H,1H3. The molecule has 0 nitrogen and oxygen atoms in total. The summed E-state index contributed by atoms with van der Waals surface area (Å²) in [5.74, 6) is -4.58. The molecule has 0 rings (SSSR count). The highest BCUT2D eigenvalue weighted by molar-refractivity contribution is 14.1. The van der Waals surface area contributed by atoms with Crippen LogP contribution in [0.2, 0.25) is 0 Å². The molecule has 1 atom stereocenters.